The number of pyridine rings is 1. The van der Waals surface area contributed by atoms with Crippen molar-refractivity contribution in [2.24, 2.45) is 0 Å². The summed E-state index contributed by atoms with van der Waals surface area (Å²) in [4.78, 5) is 38.9. The normalized spacial score (nSPS) is 11.0. The number of non-ortho nitro benzene ring substituents is 1. The molecule has 1 amide bonds. The highest BCUT2D eigenvalue weighted by Crippen LogP contribution is 2.21. The molecule has 0 fully saturated rings. The number of carbonyl (C=O) groups excluding carboxylic acids is 1. The number of aryl methyl sites for hydroxylation is 4. The molecule has 2 heterocycles. The summed E-state index contributed by atoms with van der Waals surface area (Å²) in [5, 5.41) is 13.7. The fraction of sp³-hybridized carbons (Fsp3) is 0.316. The number of amides is 1. The molecule has 28 heavy (non-hydrogen) atoms. The van der Waals surface area contributed by atoms with Crippen molar-refractivity contribution >= 4 is 28.4 Å². The van der Waals surface area contributed by atoms with E-state index in [1.54, 1.807) is 0 Å². The van der Waals surface area contributed by atoms with Gasteiger partial charge in [0, 0.05) is 24.7 Å². The molecule has 0 spiro atoms. The van der Waals surface area contributed by atoms with Gasteiger partial charge in [-0.05, 0) is 44.9 Å². The summed E-state index contributed by atoms with van der Waals surface area (Å²) < 4.78 is 6.45. The Kier molecular flexibility index (Phi) is 5.25. The standard InChI is InChI=1S/C19H20N4O5/c1-11-9-12(2)20-13(3)18(11)21-17(24)5-4-8-22-15-7-6-14(23(26)27)10-16(15)28-19(22)25/h6-7,9-10H,4-5,8H2,1-3H3,(H,21,24). The monoisotopic (exact) mass is 384 g/mol. The Morgan fingerprint density at radius 2 is 2.04 bits per heavy atom. The lowest BCUT2D eigenvalue weighted by Crippen LogP contribution is -2.18. The van der Waals surface area contributed by atoms with Gasteiger partial charge in [-0.15, -0.1) is 0 Å². The van der Waals surface area contributed by atoms with Gasteiger partial charge in [-0.3, -0.25) is 24.5 Å². The molecule has 9 heteroatoms. The van der Waals surface area contributed by atoms with E-state index < -0.39 is 10.7 Å². The molecule has 1 N–H and O–H groups in total. The second-order valence-electron chi connectivity index (χ2n) is 6.62. The molecular formula is C19H20N4O5. The molecule has 0 unspecified atom stereocenters. The van der Waals surface area contributed by atoms with Gasteiger partial charge in [0.15, 0.2) is 5.58 Å². The van der Waals surface area contributed by atoms with Gasteiger partial charge in [-0.2, -0.15) is 0 Å². The third-order valence-electron chi connectivity index (χ3n) is 4.44. The van der Waals surface area contributed by atoms with E-state index in [9.17, 15) is 19.7 Å². The van der Waals surface area contributed by atoms with Crippen molar-refractivity contribution in [2.75, 3.05) is 5.32 Å². The zero-order chi connectivity index (χ0) is 20.4. The molecule has 0 saturated heterocycles. The minimum absolute atomic E-state index is 0.148. The lowest BCUT2D eigenvalue weighted by molar-refractivity contribution is -0.384. The van der Waals surface area contributed by atoms with Gasteiger partial charge >= 0.3 is 5.76 Å². The van der Waals surface area contributed by atoms with Crippen LogP contribution >= 0.6 is 0 Å². The molecule has 0 radical (unpaired) electrons. The summed E-state index contributed by atoms with van der Waals surface area (Å²) >= 11 is 0. The Balaban J connectivity index is 1.67. The van der Waals surface area contributed by atoms with Crippen LogP contribution in [0.5, 0.6) is 0 Å². The predicted molar refractivity (Wildman–Crippen MR) is 103 cm³/mol. The van der Waals surface area contributed by atoms with Gasteiger partial charge in [0.2, 0.25) is 5.91 Å². The van der Waals surface area contributed by atoms with Crippen LogP contribution in [0.2, 0.25) is 0 Å². The van der Waals surface area contributed by atoms with Gasteiger partial charge < -0.3 is 9.73 Å². The van der Waals surface area contributed by atoms with Crippen LogP contribution in [-0.4, -0.2) is 20.4 Å². The average Bonchev–Trinajstić information content (AvgIpc) is 2.92. The van der Waals surface area contributed by atoms with Gasteiger partial charge in [-0.1, -0.05) is 0 Å². The number of nitrogens with zero attached hydrogens (tertiary/aromatic N) is 3. The first-order valence-electron chi connectivity index (χ1n) is 8.78. The van der Waals surface area contributed by atoms with E-state index in [2.05, 4.69) is 10.3 Å². The SMILES string of the molecule is Cc1cc(C)c(NC(=O)CCCn2c(=O)oc3cc([N+](=O)[O-])ccc32)c(C)n1. The number of fused-ring (bicyclic) bond motifs is 1. The molecule has 2 aromatic heterocycles. The zero-order valence-corrected chi connectivity index (χ0v) is 15.8. The maximum atomic E-state index is 12.3. The second kappa shape index (κ2) is 7.63. The Labute approximate surface area is 160 Å². The summed E-state index contributed by atoms with van der Waals surface area (Å²) in [6.45, 7) is 5.91. The highest BCUT2D eigenvalue weighted by atomic mass is 16.6. The third-order valence-corrected chi connectivity index (χ3v) is 4.44. The van der Waals surface area contributed by atoms with E-state index in [0.717, 1.165) is 17.0 Å². The Hall–Kier alpha value is -3.49. The topological polar surface area (TPSA) is 120 Å². The van der Waals surface area contributed by atoms with E-state index >= 15 is 0 Å². The average molecular weight is 384 g/mol. The number of carbonyl (C=O) groups is 1. The summed E-state index contributed by atoms with van der Waals surface area (Å²) in [6, 6.07) is 5.91. The first kappa shape index (κ1) is 19.3. The molecule has 0 saturated carbocycles. The number of aromatic nitrogens is 2. The van der Waals surface area contributed by atoms with Crippen LogP contribution in [-0.2, 0) is 11.3 Å². The Morgan fingerprint density at radius 3 is 2.71 bits per heavy atom. The van der Waals surface area contributed by atoms with Crippen molar-refractivity contribution in [1.29, 1.82) is 0 Å². The lowest BCUT2D eigenvalue weighted by Gasteiger charge is -2.12. The molecule has 3 rings (SSSR count). The summed E-state index contributed by atoms with van der Waals surface area (Å²) in [7, 11) is 0. The molecule has 0 atom stereocenters. The largest absolute Gasteiger partial charge is 0.419 e. The van der Waals surface area contributed by atoms with Crippen molar-refractivity contribution in [3.8, 4) is 0 Å². The fourth-order valence-electron chi connectivity index (χ4n) is 3.19. The number of hydrogen-bond acceptors (Lipinski definition) is 6. The van der Waals surface area contributed by atoms with Crippen molar-refractivity contribution in [1.82, 2.24) is 9.55 Å². The van der Waals surface area contributed by atoms with Crippen LogP contribution in [0.25, 0.3) is 11.1 Å². The smallest absolute Gasteiger partial charge is 0.407 e. The number of rotatable bonds is 6. The fourth-order valence-corrected chi connectivity index (χ4v) is 3.19. The van der Waals surface area contributed by atoms with E-state index in [-0.39, 0.29) is 30.1 Å². The van der Waals surface area contributed by atoms with Crippen molar-refractivity contribution in [2.45, 2.75) is 40.2 Å². The number of anilines is 1. The minimum atomic E-state index is -0.606. The lowest BCUT2D eigenvalue weighted by atomic mass is 10.1. The summed E-state index contributed by atoms with van der Waals surface area (Å²) in [5.41, 5.74) is 3.76. The van der Waals surface area contributed by atoms with Crippen molar-refractivity contribution < 1.29 is 14.1 Å². The molecule has 0 aliphatic rings. The maximum Gasteiger partial charge on any atom is 0.419 e. The molecule has 0 aliphatic heterocycles. The van der Waals surface area contributed by atoms with Gasteiger partial charge in [0.1, 0.15) is 0 Å². The van der Waals surface area contributed by atoms with Crippen molar-refractivity contribution in [3.63, 3.8) is 0 Å². The maximum absolute atomic E-state index is 12.3. The molecule has 0 bridgehead atoms. The Morgan fingerprint density at radius 1 is 1.29 bits per heavy atom. The number of benzene rings is 1. The first-order valence-corrected chi connectivity index (χ1v) is 8.78. The summed E-state index contributed by atoms with van der Waals surface area (Å²) in [5.74, 6) is -0.779. The van der Waals surface area contributed by atoms with Crippen LogP contribution in [0.4, 0.5) is 11.4 Å². The predicted octanol–water partition coefficient (Wildman–Crippen LogP) is 3.24. The van der Waals surface area contributed by atoms with Crippen LogP contribution in [0.15, 0.2) is 33.5 Å². The number of nitrogens with one attached hydrogen (secondary N) is 1. The number of nitro groups is 1. The van der Waals surface area contributed by atoms with Crippen LogP contribution in [0.1, 0.15) is 29.8 Å². The first-order chi connectivity index (χ1) is 13.3. The van der Waals surface area contributed by atoms with Crippen LogP contribution < -0.4 is 11.1 Å². The molecule has 3 aromatic rings. The van der Waals surface area contributed by atoms with E-state index in [0.29, 0.717) is 17.6 Å². The molecule has 1 aromatic carbocycles. The minimum Gasteiger partial charge on any atom is -0.407 e. The van der Waals surface area contributed by atoms with E-state index in [1.807, 2.05) is 26.8 Å². The number of nitro benzene ring substituents is 1. The highest BCUT2D eigenvalue weighted by molar-refractivity contribution is 5.92. The third kappa shape index (κ3) is 3.93. The van der Waals surface area contributed by atoms with Gasteiger partial charge in [0.05, 0.1) is 27.9 Å². The second-order valence-corrected chi connectivity index (χ2v) is 6.62. The molecule has 9 nitrogen and oxygen atoms in total. The molecule has 146 valence electrons. The highest BCUT2D eigenvalue weighted by Gasteiger charge is 2.15. The molecular weight excluding hydrogens is 364 g/mol. The Bertz CT molecular complexity index is 1110. The van der Waals surface area contributed by atoms with E-state index in [4.69, 9.17) is 4.42 Å². The molecule has 0 aliphatic carbocycles. The van der Waals surface area contributed by atoms with Crippen LogP contribution in [0.3, 0.4) is 0 Å². The summed E-state index contributed by atoms with van der Waals surface area (Å²) in [6.07, 6.45) is 0.619. The van der Waals surface area contributed by atoms with Crippen LogP contribution in [0, 0.1) is 30.9 Å². The zero-order valence-electron chi connectivity index (χ0n) is 15.8. The van der Waals surface area contributed by atoms with Gasteiger partial charge in [0.25, 0.3) is 5.69 Å². The van der Waals surface area contributed by atoms with Gasteiger partial charge in [-0.25, -0.2) is 4.79 Å². The van der Waals surface area contributed by atoms with Crippen molar-refractivity contribution in [3.05, 3.63) is 61.9 Å². The van der Waals surface area contributed by atoms with E-state index in [1.165, 1.54) is 22.8 Å². The number of oxazole rings is 1. The number of hydrogen-bond donors (Lipinski definition) is 1. The quantitative estimate of drug-likeness (QED) is 0.514.